The van der Waals surface area contributed by atoms with Crippen molar-refractivity contribution in [3.8, 4) is 0 Å². The molecule has 0 fully saturated rings. The highest BCUT2D eigenvalue weighted by Crippen LogP contribution is 2.35. The molecule has 2 aromatic rings. The van der Waals surface area contributed by atoms with E-state index in [1.807, 2.05) is 37.3 Å². The van der Waals surface area contributed by atoms with Crippen LogP contribution in [0.25, 0.3) is 0 Å². The van der Waals surface area contributed by atoms with Crippen molar-refractivity contribution in [2.24, 2.45) is 5.92 Å². The van der Waals surface area contributed by atoms with Crippen LogP contribution in [0.15, 0.2) is 40.6 Å². The highest BCUT2D eigenvalue weighted by atomic mass is 32.2. The number of nitrogens with zero attached hydrogens (tertiary/aromatic N) is 1. The summed E-state index contributed by atoms with van der Waals surface area (Å²) >= 11 is 1.33. The minimum atomic E-state index is -3.44. The van der Waals surface area contributed by atoms with Crippen LogP contribution in [0.1, 0.15) is 17.4 Å². The molecule has 106 valence electrons. The van der Waals surface area contributed by atoms with E-state index >= 15 is 0 Å². The van der Waals surface area contributed by atoms with Gasteiger partial charge >= 0.3 is 0 Å². The highest BCUT2D eigenvalue weighted by Gasteiger charge is 2.32. The number of rotatable bonds is 2. The van der Waals surface area contributed by atoms with Crippen molar-refractivity contribution < 1.29 is 8.42 Å². The normalized spacial score (nSPS) is 18.9. The van der Waals surface area contributed by atoms with Crippen molar-refractivity contribution >= 4 is 27.0 Å². The van der Waals surface area contributed by atoms with Crippen molar-refractivity contribution in [3.05, 3.63) is 46.8 Å². The Morgan fingerprint density at radius 1 is 1.20 bits per heavy atom. The summed E-state index contributed by atoms with van der Waals surface area (Å²) in [7, 11) is -3.44. The van der Waals surface area contributed by atoms with Crippen molar-refractivity contribution in [1.29, 1.82) is 0 Å². The lowest BCUT2D eigenvalue weighted by atomic mass is 9.96. The first-order valence-electron chi connectivity index (χ1n) is 6.65. The molecule has 0 aliphatic carbocycles. The van der Waals surface area contributed by atoms with Gasteiger partial charge in [0.2, 0.25) is 0 Å². The Bertz CT molecular complexity index is 734. The molecule has 1 atom stereocenters. The fourth-order valence-corrected chi connectivity index (χ4v) is 5.66. The minimum absolute atomic E-state index is 0.334. The van der Waals surface area contributed by atoms with Crippen LogP contribution in [0.4, 0.5) is 5.69 Å². The summed E-state index contributed by atoms with van der Waals surface area (Å²) < 4.78 is 27.7. The molecule has 20 heavy (non-hydrogen) atoms. The van der Waals surface area contributed by atoms with Crippen LogP contribution < -0.4 is 4.31 Å². The first kappa shape index (κ1) is 13.6. The van der Waals surface area contributed by atoms with E-state index in [0.29, 0.717) is 16.7 Å². The van der Waals surface area contributed by atoms with Crippen LogP contribution in [0.5, 0.6) is 0 Å². The molecule has 2 heterocycles. The van der Waals surface area contributed by atoms with E-state index in [1.54, 1.807) is 10.4 Å². The molecule has 0 saturated heterocycles. The van der Waals surface area contributed by atoms with Gasteiger partial charge in [-0.15, -0.1) is 11.3 Å². The average Bonchev–Trinajstić information content (AvgIpc) is 2.85. The van der Waals surface area contributed by atoms with E-state index in [2.05, 4.69) is 6.92 Å². The molecule has 0 amide bonds. The van der Waals surface area contributed by atoms with Gasteiger partial charge in [-0.2, -0.15) is 0 Å². The molecule has 1 aromatic heterocycles. The fraction of sp³-hybridized carbons (Fsp3) is 0.333. The smallest absolute Gasteiger partial charge is 0.265 e. The Balaban J connectivity index is 2.10. The third-order valence-electron chi connectivity index (χ3n) is 3.57. The summed E-state index contributed by atoms with van der Waals surface area (Å²) in [6, 6.07) is 11.4. The molecule has 1 aliphatic heterocycles. The van der Waals surface area contributed by atoms with Crippen molar-refractivity contribution in [1.82, 2.24) is 0 Å². The Kier molecular flexibility index (Phi) is 3.34. The maximum Gasteiger partial charge on any atom is 0.273 e. The van der Waals surface area contributed by atoms with Crippen LogP contribution in [-0.2, 0) is 16.4 Å². The van der Waals surface area contributed by atoms with Gasteiger partial charge in [0.25, 0.3) is 10.0 Å². The Hall–Kier alpha value is -1.33. The second-order valence-corrected chi connectivity index (χ2v) is 8.72. The maximum absolute atomic E-state index is 12.8. The van der Waals surface area contributed by atoms with E-state index in [9.17, 15) is 8.42 Å². The van der Waals surface area contributed by atoms with Gasteiger partial charge in [-0.3, -0.25) is 4.31 Å². The van der Waals surface area contributed by atoms with Crippen LogP contribution in [0.3, 0.4) is 0 Å². The van der Waals surface area contributed by atoms with Crippen molar-refractivity contribution in [2.75, 3.05) is 10.8 Å². The van der Waals surface area contributed by atoms with Gasteiger partial charge in [0.05, 0.1) is 5.69 Å². The topological polar surface area (TPSA) is 37.4 Å². The van der Waals surface area contributed by atoms with Crippen molar-refractivity contribution in [3.63, 3.8) is 0 Å². The first-order valence-corrected chi connectivity index (χ1v) is 8.91. The third-order valence-corrected chi connectivity index (χ3v) is 6.81. The van der Waals surface area contributed by atoms with E-state index in [1.165, 1.54) is 11.3 Å². The van der Waals surface area contributed by atoms with Gasteiger partial charge in [0.1, 0.15) is 4.21 Å². The number of anilines is 1. The Labute approximate surface area is 123 Å². The molecule has 3 rings (SSSR count). The van der Waals surface area contributed by atoms with Gasteiger partial charge in [-0.05, 0) is 43.0 Å². The van der Waals surface area contributed by atoms with E-state index in [0.717, 1.165) is 22.5 Å². The number of hydrogen-bond acceptors (Lipinski definition) is 3. The summed E-state index contributed by atoms with van der Waals surface area (Å²) in [6.07, 6.45) is 0.936. The molecule has 5 heteroatoms. The van der Waals surface area contributed by atoms with Gasteiger partial charge < -0.3 is 0 Å². The minimum Gasteiger partial charge on any atom is -0.265 e. The van der Waals surface area contributed by atoms with Crippen LogP contribution >= 0.6 is 11.3 Å². The molecule has 1 unspecified atom stereocenters. The predicted octanol–water partition coefficient (Wildman–Crippen LogP) is 3.44. The number of sulfonamides is 1. The lowest BCUT2D eigenvalue weighted by Crippen LogP contribution is -2.38. The van der Waals surface area contributed by atoms with E-state index in [4.69, 9.17) is 0 Å². The highest BCUT2D eigenvalue weighted by molar-refractivity contribution is 7.94. The summed E-state index contributed by atoms with van der Waals surface area (Å²) in [5.41, 5.74) is 1.94. The lowest BCUT2D eigenvalue weighted by molar-refractivity contribution is 0.546. The molecular weight excluding hydrogens is 290 g/mol. The molecule has 1 aromatic carbocycles. The molecule has 0 bridgehead atoms. The molecule has 0 radical (unpaired) electrons. The number of aryl methyl sites for hydroxylation is 1. The van der Waals surface area contributed by atoms with Crippen LogP contribution in [0.2, 0.25) is 0 Å². The number of para-hydroxylation sites is 1. The number of hydrogen-bond donors (Lipinski definition) is 0. The monoisotopic (exact) mass is 307 g/mol. The van der Waals surface area contributed by atoms with Crippen molar-refractivity contribution in [2.45, 2.75) is 24.5 Å². The van der Waals surface area contributed by atoms with Gasteiger partial charge in [0.15, 0.2) is 0 Å². The summed E-state index contributed by atoms with van der Waals surface area (Å²) in [5, 5.41) is 0. The third kappa shape index (κ3) is 2.25. The second-order valence-electron chi connectivity index (χ2n) is 5.34. The van der Waals surface area contributed by atoms with E-state index < -0.39 is 10.0 Å². The SMILES string of the molecule is Cc1ccc(S(=O)(=O)N2CC(C)Cc3ccccc32)s1. The molecule has 3 nitrogen and oxygen atoms in total. The molecule has 0 saturated carbocycles. The molecule has 0 N–H and O–H groups in total. The molecule has 1 aliphatic rings. The lowest BCUT2D eigenvalue weighted by Gasteiger charge is -2.33. The fourth-order valence-electron chi connectivity index (χ4n) is 2.64. The summed E-state index contributed by atoms with van der Waals surface area (Å²) in [5.74, 6) is 0.334. The zero-order valence-electron chi connectivity index (χ0n) is 11.5. The Morgan fingerprint density at radius 2 is 1.95 bits per heavy atom. The average molecular weight is 307 g/mol. The summed E-state index contributed by atoms with van der Waals surface area (Å²) in [6.45, 7) is 4.57. The quantitative estimate of drug-likeness (QED) is 0.852. The van der Waals surface area contributed by atoms with Gasteiger partial charge in [-0.25, -0.2) is 8.42 Å². The van der Waals surface area contributed by atoms with E-state index in [-0.39, 0.29) is 0 Å². The first-order chi connectivity index (χ1) is 9.48. The number of thiophene rings is 1. The predicted molar refractivity (Wildman–Crippen MR) is 82.9 cm³/mol. The maximum atomic E-state index is 12.8. The molecule has 0 spiro atoms. The second kappa shape index (κ2) is 4.90. The Morgan fingerprint density at radius 3 is 2.65 bits per heavy atom. The van der Waals surface area contributed by atoms with Gasteiger partial charge in [-0.1, -0.05) is 25.1 Å². The molecular formula is C15H17NO2S2. The zero-order chi connectivity index (χ0) is 14.3. The zero-order valence-corrected chi connectivity index (χ0v) is 13.2. The van der Waals surface area contributed by atoms with Gasteiger partial charge in [0, 0.05) is 11.4 Å². The standard InChI is InChI=1S/C15H17NO2S2/c1-11-9-13-5-3-4-6-14(13)16(10-11)20(17,18)15-8-7-12(2)19-15/h3-8,11H,9-10H2,1-2H3. The number of fused-ring (bicyclic) bond motifs is 1. The number of benzene rings is 1. The summed E-state index contributed by atoms with van der Waals surface area (Å²) in [4.78, 5) is 1.02. The van der Waals surface area contributed by atoms with Crippen LogP contribution in [-0.4, -0.2) is 15.0 Å². The largest absolute Gasteiger partial charge is 0.273 e. The van der Waals surface area contributed by atoms with Crippen LogP contribution in [0, 0.1) is 12.8 Å².